The average Bonchev–Trinajstić information content (AvgIpc) is 2.12. The van der Waals surface area contributed by atoms with Crippen LogP contribution in [0.5, 0.6) is 0 Å². The highest BCUT2D eigenvalue weighted by Crippen LogP contribution is 2.20. The third-order valence-electron chi connectivity index (χ3n) is 1.70. The van der Waals surface area contributed by atoms with Crippen molar-refractivity contribution in [2.75, 3.05) is 5.75 Å². The largest absolute Gasteiger partial charge is 0.312 e. The molecule has 3 nitrogen and oxygen atoms in total. The van der Waals surface area contributed by atoms with Crippen molar-refractivity contribution in [1.29, 1.82) is 0 Å². The highest BCUT2D eigenvalue weighted by molar-refractivity contribution is 14.1. The molecule has 0 atom stereocenters. The van der Waals surface area contributed by atoms with Crippen molar-refractivity contribution in [2.24, 2.45) is 5.92 Å². The van der Waals surface area contributed by atoms with Crippen molar-refractivity contribution < 1.29 is 0 Å². The monoisotopic (exact) mass is 324 g/mol. The number of aromatic nitrogens is 2. The second-order valence-electron chi connectivity index (χ2n) is 3.38. The first-order chi connectivity index (χ1) is 6.61. The van der Waals surface area contributed by atoms with Gasteiger partial charge in [0.05, 0.1) is 6.33 Å². The number of hydrogen-bond donors (Lipinski definition) is 1. The minimum atomic E-state index is -0.0485. The smallest absolute Gasteiger partial charge is 0.265 e. The van der Waals surface area contributed by atoms with Crippen molar-refractivity contribution in [3.05, 3.63) is 20.3 Å². The lowest BCUT2D eigenvalue weighted by atomic mass is 10.2. The number of nitrogens with zero attached hydrogens (tertiary/aromatic N) is 1. The van der Waals surface area contributed by atoms with E-state index >= 15 is 0 Å². The van der Waals surface area contributed by atoms with Crippen LogP contribution in [0.25, 0.3) is 0 Å². The number of nitrogens with one attached hydrogen (secondary N) is 1. The molecule has 0 unspecified atom stereocenters. The van der Waals surface area contributed by atoms with Crippen molar-refractivity contribution in [2.45, 2.75) is 25.3 Å². The molecule has 0 fully saturated rings. The zero-order valence-corrected chi connectivity index (χ0v) is 11.2. The standard InChI is InChI=1S/C9H13IN2OS/c1-6(2)3-4-14-9-7(10)8(13)11-5-12-9/h5-6H,3-4H2,1-2H3,(H,11,12,13). The summed E-state index contributed by atoms with van der Waals surface area (Å²) >= 11 is 3.69. The van der Waals surface area contributed by atoms with E-state index in [0.717, 1.165) is 17.2 Å². The summed E-state index contributed by atoms with van der Waals surface area (Å²) in [5, 5.41) is 0.843. The lowest BCUT2D eigenvalue weighted by Crippen LogP contribution is -2.11. The molecular formula is C9H13IN2OS. The van der Waals surface area contributed by atoms with Crippen LogP contribution in [0.2, 0.25) is 0 Å². The molecule has 78 valence electrons. The van der Waals surface area contributed by atoms with E-state index in [1.54, 1.807) is 11.8 Å². The Balaban J connectivity index is 2.59. The second kappa shape index (κ2) is 5.75. The molecule has 1 N–H and O–H groups in total. The Morgan fingerprint density at radius 3 is 3.00 bits per heavy atom. The van der Waals surface area contributed by atoms with Crippen LogP contribution in [0, 0.1) is 9.49 Å². The van der Waals surface area contributed by atoms with Crippen LogP contribution in [0.1, 0.15) is 20.3 Å². The third-order valence-corrected chi connectivity index (χ3v) is 4.09. The number of thioether (sulfide) groups is 1. The molecule has 1 aromatic heterocycles. The van der Waals surface area contributed by atoms with E-state index in [-0.39, 0.29) is 5.56 Å². The third kappa shape index (κ3) is 3.61. The molecule has 1 aromatic rings. The summed E-state index contributed by atoms with van der Waals surface area (Å²) in [7, 11) is 0. The molecule has 0 aliphatic heterocycles. The summed E-state index contributed by atoms with van der Waals surface area (Å²) in [4.78, 5) is 17.9. The predicted molar refractivity (Wildman–Crippen MR) is 67.8 cm³/mol. The van der Waals surface area contributed by atoms with Gasteiger partial charge in [-0.1, -0.05) is 13.8 Å². The first-order valence-electron chi connectivity index (χ1n) is 4.47. The predicted octanol–water partition coefficient (Wildman–Crippen LogP) is 2.51. The van der Waals surface area contributed by atoms with Gasteiger partial charge in [0.25, 0.3) is 5.56 Å². The van der Waals surface area contributed by atoms with Gasteiger partial charge in [0, 0.05) is 0 Å². The van der Waals surface area contributed by atoms with E-state index in [1.807, 2.05) is 22.6 Å². The lowest BCUT2D eigenvalue weighted by molar-refractivity contribution is 0.632. The van der Waals surface area contributed by atoms with Gasteiger partial charge in [-0.05, 0) is 40.7 Å². The van der Waals surface area contributed by atoms with Gasteiger partial charge < -0.3 is 4.98 Å². The number of hydrogen-bond acceptors (Lipinski definition) is 3. The zero-order chi connectivity index (χ0) is 10.6. The molecule has 14 heavy (non-hydrogen) atoms. The second-order valence-corrected chi connectivity index (χ2v) is 5.54. The summed E-state index contributed by atoms with van der Waals surface area (Å²) in [5.74, 6) is 1.71. The normalized spacial score (nSPS) is 10.9. The number of halogens is 1. The van der Waals surface area contributed by atoms with Gasteiger partial charge in [0.15, 0.2) is 0 Å². The Bertz CT molecular complexity index is 351. The Labute approximate surface area is 101 Å². The van der Waals surface area contributed by atoms with Gasteiger partial charge >= 0.3 is 0 Å². The molecule has 0 aliphatic carbocycles. The van der Waals surface area contributed by atoms with Crippen LogP contribution >= 0.6 is 34.4 Å². The Hall–Kier alpha value is -0.0400. The van der Waals surface area contributed by atoms with Crippen LogP contribution in [-0.2, 0) is 0 Å². The van der Waals surface area contributed by atoms with E-state index in [4.69, 9.17) is 0 Å². The Kier molecular flexibility index (Phi) is 4.94. The van der Waals surface area contributed by atoms with Crippen LogP contribution < -0.4 is 5.56 Å². The van der Waals surface area contributed by atoms with Gasteiger partial charge in [-0.3, -0.25) is 4.79 Å². The molecular weight excluding hydrogens is 311 g/mol. The highest BCUT2D eigenvalue weighted by Gasteiger charge is 2.05. The molecule has 0 aliphatic rings. The van der Waals surface area contributed by atoms with Gasteiger partial charge in [-0.25, -0.2) is 4.98 Å². The summed E-state index contributed by atoms with van der Waals surface area (Å²) in [5.41, 5.74) is -0.0485. The first kappa shape index (κ1) is 12.0. The first-order valence-corrected chi connectivity index (χ1v) is 6.53. The maximum atomic E-state index is 11.2. The summed E-state index contributed by atoms with van der Waals surface area (Å²) in [6.07, 6.45) is 2.61. The van der Waals surface area contributed by atoms with Crippen molar-refractivity contribution in [1.82, 2.24) is 9.97 Å². The Morgan fingerprint density at radius 2 is 2.36 bits per heavy atom. The van der Waals surface area contributed by atoms with Crippen LogP contribution in [0.4, 0.5) is 0 Å². The molecule has 1 heterocycles. The molecule has 1 rings (SSSR count). The SMILES string of the molecule is CC(C)CCSc1nc[nH]c(=O)c1I. The molecule has 0 bridgehead atoms. The minimum Gasteiger partial charge on any atom is -0.312 e. The quantitative estimate of drug-likeness (QED) is 0.526. The molecule has 0 amide bonds. The molecule has 0 saturated carbocycles. The summed E-state index contributed by atoms with van der Waals surface area (Å²) in [6.45, 7) is 4.38. The fourth-order valence-electron chi connectivity index (χ4n) is 0.859. The van der Waals surface area contributed by atoms with Crippen molar-refractivity contribution in [3.63, 3.8) is 0 Å². The molecule has 0 aromatic carbocycles. The van der Waals surface area contributed by atoms with Crippen molar-refractivity contribution >= 4 is 34.4 Å². The number of aromatic amines is 1. The van der Waals surface area contributed by atoms with E-state index in [0.29, 0.717) is 9.49 Å². The Morgan fingerprint density at radius 1 is 1.64 bits per heavy atom. The van der Waals surface area contributed by atoms with E-state index in [2.05, 4.69) is 23.8 Å². The van der Waals surface area contributed by atoms with Crippen LogP contribution in [0.3, 0.4) is 0 Å². The van der Waals surface area contributed by atoms with Gasteiger partial charge in [0.2, 0.25) is 0 Å². The van der Waals surface area contributed by atoms with Crippen LogP contribution in [0.15, 0.2) is 16.1 Å². The van der Waals surface area contributed by atoms with Gasteiger partial charge in [-0.15, -0.1) is 11.8 Å². The average molecular weight is 324 g/mol. The molecule has 0 saturated heterocycles. The molecule has 0 spiro atoms. The zero-order valence-electron chi connectivity index (χ0n) is 8.21. The maximum Gasteiger partial charge on any atom is 0.265 e. The summed E-state index contributed by atoms with van der Waals surface area (Å²) < 4.78 is 0.693. The minimum absolute atomic E-state index is 0.0485. The van der Waals surface area contributed by atoms with Gasteiger partial charge in [0.1, 0.15) is 8.60 Å². The number of H-pyrrole nitrogens is 1. The van der Waals surface area contributed by atoms with Gasteiger partial charge in [-0.2, -0.15) is 0 Å². The maximum absolute atomic E-state index is 11.2. The highest BCUT2D eigenvalue weighted by atomic mass is 127. The van der Waals surface area contributed by atoms with Crippen molar-refractivity contribution in [3.8, 4) is 0 Å². The van der Waals surface area contributed by atoms with E-state index in [1.165, 1.54) is 6.33 Å². The van der Waals surface area contributed by atoms with E-state index in [9.17, 15) is 4.79 Å². The molecule has 5 heteroatoms. The fraction of sp³-hybridized carbons (Fsp3) is 0.556. The van der Waals surface area contributed by atoms with E-state index < -0.39 is 0 Å². The lowest BCUT2D eigenvalue weighted by Gasteiger charge is -2.04. The molecule has 0 radical (unpaired) electrons. The van der Waals surface area contributed by atoms with Crippen LogP contribution in [-0.4, -0.2) is 15.7 Å². The topological polar surface area (TPSA) is 45.8 Å². The summed E-state index contributed by atoms with van der Waals surface area (Å²) in [6, 6.07) is 0. The fourth-order valence-corrected chi connectivity index (χ4v) is 2.75. The number of rotatable bonds is 4.